The molecule has 0 unspecified atom stereocenters. The average Bonchev–Trinajstić information content (AvgIpc) is 3.69. The van der Waals surface area contributed by atoms with Crippen molar-refractivity contribution in [1.82, 2.24) is 25.1 Å². The van der Waals surface area contributed by atoms with Gasteiger partial charge in [0.25, 0.3) is 12.3 Å². The normalized spacial score (nSPS) is 17.0. The van der Waals surface area contributed by atoms with Crippen molar-refractivity contribution >= 4 is 22.4 Å². The Morgan fingerprint density at radius 3 is 2.83 bits per heavy atom. The highest BCUT2D eigenvalue weighted by molar-refractivity contribution is 7.15. The van der Waals surface area contributed by atoms with E-state index >= 15 is 0 Å². The maximum Gasteiger partial charge on any atom is 0.280 e. The van der Waals surface area contributed by atoms with Crippen molar-refractivity contribution < 1.29 is 23.0 Å². The summed E-state index contributed by atoms with van der Waals surface area (Å²) in [6, 6.07) is 3.04. The molecule has 5 rings (SSSR count). The molecular formula is C28H26F2N6O3S. The summed E-state index contributed by atoms with van der Waals surface area (Å²) in [5.74, 6) is 12.3. The molecule has 0 aromatic carbocycles. The Hall–Kier alpha value is -3.97. The van der Waals surface area contributed by atoms with Crippen molar-refractivity contribution in [2.75, 3.05) is 38.7 Å². The highest BCUT2D eigenvalue weighted by Crippen LogP contribution is 2.35. The van der Waals surface area contributed by atoms with Gasteiger partial charge in [0.1, 0.15) is 17.1 Å². The van der Waals surface area contributed by atoms with Crippen LogP contribution in [0.25, 0.3) is 11.1 Å². The van der Waals surface area contributed by atoms with Crippen molar-refractivity contribution in [3.63, 3.8) is 0 Å². The topological polar surface area (TPSA) is 102 Å². The summed E-state index contributed by atoms with van der Waals surface area (Å²) in [7, 11) is 1.40. The minimum atomic E-state index is -2.81. The lowest BCUT2D eigenvalue weighted by Crippen LogP contribution is -2.43. The number of morpholine rings is 1. The van der Waals surface area contributed by atoms with Crippen molar-refractivity contribution in [2.45, 2.75) is 32.2 Å². The molecule has 1 saturated carbocycles. The van der Waals surface area contributed by atoms with E-state index in [0.717, 1.165) is 30.7 Å². The molecule has 4 heterocycles. The molecule has 9 nitrogen and oxygen atoms in total. The molecule has 40 heavy (non-hydrogen) atoms. The summed E-state index contributed by atoms with van der Waals surface area (Å²) in [5, 5.41) is 11.5. The number of halogens is 2. The van der Waals surface area contributed by atoms with Gasteiger partial charge in [-0.2, -0.15) is 0 Å². The number of nitrogens with zero attached hydrogens (tertiary/aromatic N) is 5. The number of alkyl halides is 2. The lowest BCUT2D eigenvalue weighted by Gasteiger charge is -2.31. The largest absolute Gasteiger partial charge is 0.494 e. The summed E-state index contributed by atoms with van der Waals surface area (Å²) in [6.45, 7) is 4.65. The minimum absolute atomic E-state index is 0.123. The van der Waals surface area contributed by atoms with Crippen LogP contribution in [0.2, 0.25) is 0 Å². The maximum atomic E-state index is 13.6. The van der Waals surface area contributed by atoms with Crippen LogP contribution in [-0.4, -0.2) is 70.4 Å². The second kappa shape index (κ2) is 12.5. The van der Waals surface area contributed by atoms with E-state index in [4.69, 9.17) is 9.47 Å². The van der Waals surface area contributed by atoms with E-state index in [2.05, 4.69) is 61.0 Å². The first-order valence-corrected chi connectivity index (χ1v) is 13.5. The third-order valence-corrected chi connectivity index (χ3v) is 7.13. The summed E-state index contributed by atoms with van der Waals surface area (Å²) in [4.78, 5) is 23.7. The van der Waals surface area contributed by atoms with E-state index in [9.17, 15) is 13.6 Å². The molecule has 2 aliphatic rings. The molecular weight excluding hydrogens is 538 g/mol. The van der Waals surface area contributed by atoms with Crippen molar-refractivity contribution in [3.05, 3.63) is 46.5 Å². The summed E-state index contributed by atoms with van der Waals surface area (Å²) in [5.41, 5.74) is 0.627. The summed E-state index contributed by atoms with van der Waals surface area (Å²) < 4.78 is 38.0. The lowest BCUT2D eigenvalue weighted by atomic mass is 9.99. The first kappa shape index (κ1) is 27.6. The Morgan fingerprint density at radius 1 is 1.23 bits per heavy atom. The molecule has 12 heteroatoms. The van der Waals surface area contributed by atoms with Gasteiger partial charge in [-0.05, 0) is 43.7 Å². The zero-order valence-corrected chi connectivity index (χ0v) is 22.7. The van der Waals surface area contributed by atoms with Crippen LogP contribution in [-0.2, 0) is 4.74 Å². The van der Waals surface area contributed by atoms with Crippen LogP contribution in [0.4, 0.5) is 13.9 Å². The highest BCUT2D eigenvalue weighted by atomic mass is 32.1. The molecule has 1 amide bonds. The fraction of sp³-hybridized carbons (Fsp3) is 0.393. The monoisotopic (exact) mass is 564 g/mol. The Kier molecular flexibility index (Phi) is 8.60. The number of pyridine rings is 2. The van der Waals surface area contributed by atoms with Gasteiger partial charge >= 0.3 is 0 Å². The Morgan fingerprint density at radius 2 is 2.08 bits per heavy atom. The van der Waals surface area contributed by atoms with Crippen molar-refractivity contribution in [2.24, 2.45) is 5.92 Å². The second-order valence-electron chi connectivity index (χ2n) is 9.33. The molecule has 1 aliphatic heterocycles. The average molecular weight is 565 g/mol. The Balaban J connectivity index is 1.46. The maximum absolute atomic E-state index is 13.6. The molecule has 2 fully saturated rings. The van der Waals surface area contributed by atoms with Crippen LogP contribution < -0.4 is 10.1 Å². The van der Waals surface area contributed by atoms with Crippen LogP contribution in [0.15, 0.2) is 24.5 Å². The number of hydrogen-bond donors (Lipinski definition) is 1. The number of hydrogen-bond acceptors (Lipinski definition) is 9. The van der Waals surface area contributed by atoms with Gasteiger partial charge in [-0.15, -0.1) is 10.2 Å². The molecule has 1 saturated heterocycles. The van der Waals surface area contributed by atoms with Gasteiger partial charge in [0.2, 0.25) is 5.13 Å². The zero-order chi connectivity index (χ0) is 28.1. The SMILES string of the molecule is COc1cnc(C(F)F)cc1-c1cc(C#CCN2CCOC[C@H]2C)ncc1C(=O)Nc1nnc(C#CC2CC2)s1. The molecule has 206 valence electrons. The summed E-state index contributed by atoms with van der Waals surface area (Å²) >= 11 is 1.15. The molecule has 3 aromatic heterocycles. The van der Waals surface area contributed by atoms with E-state index in [0.29, 0.717) is 41.9 Å². The van der Waals surface area contributed by atoms with Crippen LogP contribution in [0.1, 0.15) is 52.9 Å². The fourth-order valence-corrected chi connectivity index (χ4v) is 4.59. The minimum Gasteiger partial charge on any atom is -0.494 e. The van der Waals surface area contributed by atoms with E-state index in [1.165, 1.54) is 25.6 Å². The number of ether oxygens (including phenoxy) is 2. The number of methoxy groups -OCH3 is 1. The first-order chi connectivity index (χ1) is 19.4. The van der Waals surface area contributed by atoms with Gasteiger partial charge in [0, 0.05) is 35.8 Å². The fourth-order valence-electron chi connectivity index (χ4n) is 3.99. The smallest absolute Gasteiger partial charge is 0.280 e. The molecule has 3 aromatic rings. The van der Waals surface area contributed by atoms with E-state index in [1.807, 2.05) is 0 Å². The third-order valence-electron chi connectivity index (χ3n) is 6.38. The number of rotatable bonds is 6. The number of carbonyl (C=O) groups is 1. The predicted octanol–water partition coefficient (Wildman–Crippen LogP) is 4.03. The van der Waals surface area contributed by atoms with Gasteiger partial charge in [0.05, 0.1) is 38.6 Å². The number of anilines is 1. The molecule has 1 aliphatic carbocycles. The second-order valence-corrected chi connectivity index (χ2v) is 10.3. The molecule has 0 bridgehead atoms. The van der Waals surface area contributed by atoms with E-state index in [1.54, 1.807) is 6.07 Å². The van der Waals surface area contributed by atoms with E-state index < -0.39 is 18.0 Å². The van der Waals surface area contributed by atoms with Gasteiger partial charge in [-0.1, -0.05) is 23.2 Å². The number of amides is 1. The number of carbonyl (C=O) groups excluding carboxylic acids is 1. The van der Waals surface area contributed by atoms with Crippen molar-refractivity contribution in [1.29, 1.82) is 0 Å². The highest BCUT2D eigenvalue weighted by Gasteiger charge is 2.22. The molecule has 1 atom stereocenters. The Labute approximate surface area is 234 Å². The molecule has 1 N–H and O–H groups in total. The molecule has 0 spiro atoms. The van der Waals surface area contributed by atoms with Crippen molar-refractivity contribution in [3.8, 4) is 40.6 Å². The summed E-state index contributed by atoms with van der Waals surface area (Å²) in [6.07, 6.45) is 1.94. The third kappa shape index (κ3) is 6.77. The zero-order valence-electron chi connectivity index (χ0n) is 21.9. The number of aromatic nitrogens is 4. The number of nitrogens with one attached hydrogen (secondary N) is 1. The van der Waals surface area contributed by atoms with E-state index in [-0.39, 0.29) is 28.0 Å². The van der Waals surface area contributed by atoms with Gasteiger partial charge < -0.3 is 9.47 Å². The van der Waals surface area contributed by atoms with Gasteiger partial charge in [-0.25, -0.2) is 13.8 Å². The quantitative estimate of drug-likeness (QED) is 0.448. The Bertz CT molecular complexity index is 1520. The van der Waals surface area contributed by atoms with Crippen LogP contribution >= 0.6 is 11.3 Å². The molecule has 0 radical (unpaired) electrons. The van der Waals surface area contributed by atoms with Crippen LogP contribution in [0.3, 0.4) is 0 Å². The van der Waals surface area contributed by atoms with Gasteiger partial charge in [-0.3, -0.25) is 20.0 Å². The van der Waals surface area contributed by atoms with Gasteiger partial charge in [0.15, 0.2) is 5.01 Å². The first-order valence-electron chi connectivity index (χ1n) is 12.7. The lowest BCUT2D eigenvalue weighted by molar-refractivity contribution is 0.00654. The van der Waals surface area contributed by atoms with Crippen LogP contribution in [0, 0.1) is 29.6 Å². The predicted molar refractivity (Wildman–Crippen MR) is 145 cm³/mol. The standard InChI is InChI=1S/C28H26F2N6O3S/c1-17-16-39-11-10-36(17)9-3-4-19-12-20(21-13-23(26(29)30)32-15-24(21)38-2)22(14-31-19)27(37)33-28-35-34-25(40-28)8-7-18-5-6-18/h12-15,17-18,26H,5-6,9-11,16H2,1-2H3,(H,33,35,37)/t17-/m1/s1. The van der Waals surface area contributed by atoms with Crippen LogP contribution in [0.5, 0.6) is 5.75 Å².